The van der Waals surface area contributed by atoms with Gasteiger partial charge in [-0.3, -0.25) is 0 Å². The van der Waals surface area contributed by atoms with Gasteiger partial charge in [-0.1, -0.05) is 85.4 Å². The van der Waals surface area contributed by atoms with E-state index in [0.717, 1.165) is 27.8 Å². The largest absolute Gasteiger partial charge is 0.441 e. The third kappa shape index (κ3) is 3.10. The third-order valence-electron chi connectivity index (χ3n) is 6.16. The monoisotopic (exact) mass is 426 g/mol. The predicted molar refractivity (Wildman–Crippen MR) is 122 cm³/mol. The Morgan fingerprint density at radius 2 is 1.28 bits per heavy atom. The number of carbonyl (C=O) groups excluding carboxylic acids is 1. The Balaban J connectivity index is 1.90. The summed E-state index contributed by atoms with van der Waals surface area (Å²) in [6.07, 6.45) is -0.673. The highest BCUT2D eigenvalue weighted by molar-refractivity contribution is 5.88. The summed E-state index contributed by atoms with van der Waals surface area (Å²) in [5.41, 5.74) is 3.63. The normalized spacial score (nSPS) is 22.1. The van der Waals surface area contributed by atoms with Crippen LogP contribution in [0.25, 0.3) is 0 Å². The van der Waals surface area contributed by atoms with Gasteiger partial charge in [0.15, 0.2) is 11.4 Å². The van der Waals surface area contributed by atoms with E-state index in [1.165, 1.54) is 0 Å². The fraction of sp³-hybridized carbons (Fsp3) is 0.250. The molecule has 4 heteroatoms. The second-order valence-corrected chi connectivity index (χ2v) is 8.87. The van der Waals surface area contributed by atoms with Crippen molar-refractivity contribution in [2.45, 2.75) is 44.4 Å². The van der Waals surface area contributed by atoms with Gasteiger partial charge in [0.2, 0.25) is 0 Å². The van der Waals surface area contributed by atoms with Crippen molar-refractivity contribution in [2.24, 2.45) is 0 Å². The van der Waals surface area contributed by atoms with Gasteiger partial charge in [-0.2, -0.15) is 0 Å². The predicted octanol–water partition coefficient (Wildman–Crippen LogP) is 5.98. The highest BCUT2D eigenvalue weighted by Gasteiger charge is 2.53. The number of rotatable bonds is 3. The minimum absolute atomic E-state index is 0.337. The Labute approximate surface area is 188 Å². The zero-order chi connectivity index (χ0) is 22.5. The molecular formula is C28H26O4. The van der Waals surface area contributed by atoms with E-state index in [0.29, 0.717) is 5.57 Å². The Hall–Kier alpha value is -3.21. The number of esters is 1. The van der Waals surface area contributed by atoms with E-state index in [2.05, 4.69) is 6.58 Å². The van der Waals surface area contributed by atoms with Crippen molar-refractivity contribution in [1.82, 2.24) is 0 Å². The molecule has 4 nitrogen and oxygen atoms in total. The fourth-order valence-electron chi connectivity index (χ4n) is 4.87. The molecule has 1 heterocycles. The summed E-state index contributed by atoms with van der Waals surface area (Å²) in [4.78, 5) is 13.1. The van der Waals surface area contributed by atoms with Crippen LogP contribution in [0.15, 0.2) is 91.0 Å². The van der Waals surface area contributed by atoms with Crippen molar-refractivity contribution in [3.63, 3.8) is 0 Å². The van der Waals surface area contributed by atoms with Crippen LogP contribution in [0, 0.1) is 0 Å². The molecule has 0 amide bonds. The van der Waals surface area contributed by atoms with Gasteiger partial charge >= 0.3 is 5.97 Å². The molecule has 2 atom stereocenters. The van der Waals surface area contributed by atoms with Crippen LogP contribution in [0.2, 0.25) is 0 Å². The first-order valence-corrected chi connectivity index (χ1v) is 10.8. The second kappa shape index (κ2) is 7.44. The number of benzene rings is 3. The summed E-state index contributed by atoms with van der Waals surface area (Å²) in [5, 5.41) is 0. The van der Waals surface area contributed by atoms with Crippen LogP contribution in [0.1, 0.15) is 60.8 Å². The maximum atomic E-state index is 13.1. The Kier molecular flexibility index (Phi) is 4.81. The van der Waals surface area contributed by atoms with Crippen LogP contribution < -0.4 is 0 Å². The molecule has 1 saturated heterocycles. The number of hydrogen-bond donors (Lipinski definition) is 0. The lowest BCUT2D eigenvalue weighted by molar-refractivity contribution is -0.152. The van der Waals surface area contributed by atoms with Crippen molar-refractivity contribution in [3.05, 3.63) is 119 Å². The van der Waals surface area contributed by atoms with Crippen molar-refractivity contribution >= 4 is 5.97 Å². The Morgan fingerprint density at radius 3 is 1.78 bits per heavy atom. The molecule has 1 aliphatic carbocycles. The molecular weight excluding hydrogens is 400 g/mol. The number of hydrogen-bond acceptors (Lipinski definition) is 4. The minimum atomic E-state index is -1.17. The summed E-state index contributed by atoms with van der Waals surface area (Å²) in [7, 11) is 0. The zero-order valence-corrected chi connectivity index (χ0v) is 18.5. The second-order valence-electron chi connectivity index (χ2n) is 8.87. The third-order valence-corrected chi connectivity index (χ3v) is 6.16. The number of ether oxygens (including phenoxy) is 3. The first-order chi connectivity index (χ1) is 15.3. The topological polar surface area (TPSA) is 44.8 Å². The van der Waals surface area contributed by atoms with Crippen molar-refractivity contribution in [1.29, 1.82) is 0 Å². The molecule has 0 saturated carbocycles. The molecule has 2 aliphatic rings. The van der Waals surface area contributed by atoms with Crippen LogP contribution in [0.5, 0.6) is 0 Å². The van der Waals surface area contributed by atoms with E-state index in [1.54, 1.807) is 6.92 Å². The van der Waals surface area contributed by atoms with Gasteiger partial charge in [0, 0.05) is 22.3 Å². The zero-order valence-electron chi connectivity index (χ0n) is 18.5. The quantitative estimate of drug-likeness (QED) is 0.382. The number of fused-ring (bicyclic) bond motifs is 5. The van der Waals surface area contributed by atoms with E-state index in [9.17, 15) is 4.79 Å². The molecule has 0 unspecified atom stereocenters. The van der Waals surface area contributed by atoms with Gasteiger partial charge in [-0.05, 0) is 31.9 Å². The maximum Gasteiger partial charge on any atom is 0.334 e. The van der Waals surface area contributed by atoms with Crippen molar-refractivity contribution in [2.75, 3.05) is 0 Å². The molecule has 0 spiro atoms. The van der Waals surface area contributed by atoms with E-state index < -0.39 is 17.4 Å². The maximum absolute atomic E-state index is 13.1. The standard InChI is InChI=1S/C28H26O4/c1-18(2)26(29)32-28(19-12-6-5-7-13-19)22-16-10-8-14-20(22)24-25(31-27(3,4)30-24)21-15-9-11-17-23(21)28/h5-17,24-25H,1H2,2-4H3/t24-,25-/m0/s1. The van der Waals surface area contributed by atoms with E-state index in [1.807, 2.05) is 92.7 Å². The fourth-order valence-corrected chi connectivity index (χ4v) is 4.87. The first-order valence-electron chi connectivity index (χ1n) is 10.8. The van der Waals surface area contributed by atoms with Crippen LogP contribution in [-0.2, 0) is 24.6 Å². The van der Waals surface area contributed by atoms with Gasteiger partial charge in [-0.25, -0.2) is 4.79 Å². The summed E-state index contributed by atoms with van der Waals surface area (Å²) in [6.45, 7) is 9.36. The van der Waals surface area contributed by atoms with Crippen molar-refractivity contribution < 1.29 is 19.0 Å². The van der Waals surface area contributed by atoms with Crippen LogP contribution in [0.3, 0.4) is 0 Å². The van der Waals surface area contributed by atoms with E-state index >= 15 is 0 Å². The van der Waals surface area contributed by atoms with Gasteiger partial charge < -0.3 is 14.2 Å². The van der Waals surface area contributed by atoms with Gasteiger partial charge in [0.1, 0.15) is 12.2 Å². The van der Waals surface area contributed by atoms with Gasteiger partial charge in [0.25, 0.3) is 0 Å². The molecule has 0 radical (unpaired) electrons. The molecule has 162 valence electrons. The van der Waals surface area contributed by atoms with Crippen LogP contribution in [0.4, 0.5) is 0 Å². The Morgan fingerprint density at radius 1 is 0.812 bits per heavy atom. The lowest BCUT2D eigenvalue weighted by Gasteiger charge is -2.37. The molecule has 32 heavy (non-hydrogen) atoms. The smallest absolute Gasteiger partial charge is 0.334 e. The Bertz CT molecular complexity index is 1140. The first kappa shape index (κ1) is 20.7. The van der Waals surface area contributed by atoms with Gasteiger partial charge in [-0.15, -0.1) is 0 Å². The molecule has 0 aromatic heterocycles. The van der Waals surface area contributed by atoms with Crippen LogP contribution >= 0.6 is 0 Å². The molecule has 0 N–H and O–H groups in total. The minimum Gasteiger partial charge on any atom is -0.441 e. The molecule has 0 bridgehead atoms. The number of carbonyl (C=O) groups is 1. The van der Waals surface area contributed by atoms with Gasteiger partial charge in [0.05, 0.1) is 0 Å². The summed E-state index contributed by atoms with van der Waals surface area (Å²) >= 11 is 0. The highest BCUT2D eigenvalue weighted by Crippen LogP contribution is 2.56. The average Bonchev–Trinajstić information content (AvgIpc) is 3.09. The highest BCUT2D eigenvalue weighted by atomic mass is 16.8. The lowest BCUT2D eigenvalue weighted by atomic mass is 9.77. The average molecular weight is 427 g/mol. The van der Waals surface area contributed by atoms with Crippen LogP contribution in [-0.4, -0.2) is 11.8 Å². The SMILES string of the molecule is C=C(C)C(=O)OC1(c2ccccc2)c2ccccc2[C@@H]2OC(C)(C)O[C@H]2c2ccccc21. The molecule has 3 aromatic carbocycles. The summed E-state index contributed by atoms with van der Waals surface area (Å²) < 4.78 is 19.3. The molecule has 3 aromatic rings. The van der Waals surface area contributed by atoms with Crippen molar-refractivity contribution in [3.8, 4) is 0 Å². The van der Waals surface area contributed by atoms with E-state index in [4.69, 9.17) is 14.2 Å². The summed E-state index contributed by atoms with van der Waals surface area (Å²) in [5.74, 6) is -1.19. The molecule has 1 fully saturated rings. The lowest BCUT2D eigenvalue weighted by Crippen LogP contribution is -2.37. The summed E-state index contributed by atoms with van der Waals surface area (Å²) in [6, 6.07) is 25.9. The van der Waals surface area contributed by atoms with E-state index in [-0.39, 0.29) is 12.2 Å². The molecule has 1 aliphatic heterocycles. The molecule has 5 rings (SSSR count).